The number of aromatic nitrogens is 4. The van der Waals surface area contributed by atoms with Gasteiger partial charge in [0.05, 0.1) is 23.7 Å². The van der Waals surface area contributed by atoms with Gasteiger partial charge in [-0.2, -0.15) is 5.26 Å². The van der Waals surface area contributed by atoms with Crippen LogP contribution in [0.25, 0.3) is 22.1 Å². The predicted octanol–water partition coefficient (Wildman–Crippen LogP) is 3.50. The van der Waals surface area contributed by atoms with Crippen molar-refractivity contribution in [3.8, 4) is 6.07 Å². The van der Waals surface area contributed by atoms with Crippen molar-refractivity contribution in [3.63, 3.8) is 0 Å². The number of nitriles is 1. The summed E-state index contributed by atoms with van der Waals surface area (Å²) < 4.78 is 29.8. The third kappa shape index (κ3) is 3.07. The first-order valence-electron chi connectivity index (χ1n) is 10.4. The molecular formula is C23H22N6O2S. The van der Waals surface area contributed by atoms with E-state index in [-0.39, 0.29) is 10.9 Å². The lowest BCUT2D eigenvalue weighted by Crippen LogP contribution is -2.38. The maximum Gasteiger partial charge on any atom is 0.269 e. The molecule has 5 rings (SSSR count). The van der Waals surface area contributed by atoms with Gasteiger partial charge in [-0.15, -0.1) is 0 Å². The molecule has 0 unspecified atom stereocenters. The van der Waals surface area contributed by atoms with E-state index in [0.29, 0.717) is 23.1 Å². The SMILES string of the molecule is CC[C@@H]1C/C(=C\C#N)CN1n1cnc2cnc3c(ccn3S(=O)(=O)c3ccc(C)cc3)c21. The van der Waals surface area contributed by atoms with Gasteiger partial charge in [-0.3, -0.25) is 0 Å². The summed E-state index contributed by atoms with van der Waals surface area (Å²) in [5.74, 6) is 0. The molecule has 1 aromatic carbocycles. The molecule has 1 saturated heterocycles. The zero-order chi connectivity index (χ0) is 22.5. The molecule has 9 heteroatoms. The smallest absolute Gasteiger partial charge is 0.269 e. The van der Waals surface area contributed by atoms with Crippen LogP contribution in [0.3, 0.4) is 0 Å². The third-order valence-corrected chi connectivity index (χ3v) is 7.73. The molecule has 0 N–H and O–H groups in total. The Morgan fingerprint density at radius 1 is 1.22 bits per heavy atom. The van der Waals surface area contributed by atoms with E-state index in [1.807, 2.05) is 11.6 Å². The van der Waals surface area contributed by atoms with Crippen molar-refractivity contribution in [3.05, 3.63) is 66.3 Å². The standard InChI is InChI=1S/C23H22N6O2S/c1-3-18-12-17(8-10-24)14-27(18)28-15-26-21-13-25-23-20(22(21)28)9-11-29(23)32(30,31)19-6-4-16(2)5-7-19/h4-9,11,13,15,18H,3,12,14H2,1-2H3/b17-8+/t18-/m1/s1. The first-order valence-corrected chi connectivity index (χ1v) is 11.9. The molecule has 1 fully saturated rings. The van der Waals surface area contributed by atoms with E-state index < -0.39 is 10.0 Å². The van der Waals surface area contributed by atoms with E-state index in [0.717, 1.165) is 29.5 Å². The summed E-state index contributed by atoms with van der Waals surface area (Å²) >= 11 is 0. The Morgan fingerprint density at radius 2 is 2.00 bits per heavy atom. The highest BCUT2D eigenvalue weighted by Gasteiger charge is 2.29. The highest BCUT2D eigenvalue weighted by Crippen LogP contribution is 2.30. The van der Waals surface area contributed by atoms with Gasteiger partial charge in [0.2, 0.25) is 0 Å². The summed E-state index contributed by atoms with van der Waals surface area (Å²) in [6.07, 6.45) is 8.25. The van der Waals surface area contributed by atoms with Crippen LogP contribution in [0, 0.1) is 18.3 Å². The number of hydrogen-bond donors (Lipinski definition) is 0. The fourth-order valence-corrected chi connectivity index (χ4v) is 5.68. The Hall–Kier alpha value is -3.64. The topological polar surface area (TPSA) is 96.8 Å². The Bertz CT molecular complexity index is 1510. The van der Waals surface area contributed by atoms with Gasteiger partial charge in [0.15, 0.2) is 5.65 Å². The van der Waals surface area contributed by atoms with Crippen molar-refractivity contribution in [2.45, 2.75) is 37.6 Å². The lowest BCUT2D eigenvalue weighted by Gasteiger charge is -2.27. The Morgan fingerprint density at radius 3 is 2.72 bits per heavy atom. The minimum Gasteiger partial charge on any atom is -0.304 e. The van der Waals surface area contributed by atoms with E-state index in [1.165, 1.54) is 3.97 Å². The highest BCUT2D eigenvalue weighted by atomic mass is 32.2. The first kappa shape index (κ1) is 20.3. The van der Waals surface area contributed by atoms with Crippen LogP contribution in [0.5, 0.6) is 0 Å². The van der Waals surface area contributed by atoms with Crippen LogP contribution in [-0.4, -0.2) is 39.6 Å². The Labute approximate surface area is 186 Å². The number of aryl methyl sites for hydroxylation is 1. The van der Waals surface area contributed by atoms with E-state index >= 15 is 0 Å². The molecular weight excluding hydrogens is 424 g/mol. The molecule has 8 nitrogen and oxygen atoms in total. The van der Waals surface area contributed by atoms with E-state index in [9.17, 15) is 8.42 Å². The fourth-order valence-electron chi connectivity index (χ4n) is 4.37. The van der Waals surface area contributed by atoms with Crippen molar-refractivity contribution >= 4 is 32.1 Å². The van der Waals surface area contributed by atoms with Crippen LogP contribution < -0.4 is 5.01 Å². The Balaban J connectivity index is 1.67. The van der Waals surface area contributed by atoms with E-state index in [2.05, 4.69) is 28.0 Å². The molecule has 0 bridgehead atoms. The summed E-state index contributed by atoms with van der Waals surface area (Å²) in [7, 11) is -3.79. The van der Waals surface area contributed by atoms with Crippen LogP contribution in [0.15, 0.2) is 65.6 Å². The number of fused-ring (bicyclic) bond motifs is 3. The molecule has 1 atom stereocenters. The molecule has 1 aliphatic rings. The molecule has 0 radical (unpaired) electrons. The average Bonchev–Trinajstić information content (AvgIpc) is 3.49. The maximum absolute atomic E-state index is 13.3. The van der Waals surface area contributed by atoms with Crippen LogP contribution in [0.4, 0.5) is 0 Å². The van der Waals surface area contributed by atoms with Crippen LogP contribution in [0.2, 0.25) is 0 Å². The highest BCUT2D eigenvalue weighted by molar-refractivity contribution is 7.90. The lowest BCUT2D eigenvalue weighted by atomic mass is 10.1. The van der Waals surface area contributed by atoms with Crippen molar-refractivity contribution < 1.29 is 8.42 Å². The summed E-state index contributed by atoms with van der Waals surface area (Å²) in [6.45, 7) is 4.66. The molecule has 0 saturated carbocycles. The third-order valence-electron chi connectivity index (χ3n) is 6.05. The minimum absolute atomic E-state index is 0.216. The largest absolute Gasteiger partial charge is 0.304 e. The summed E-state index contributed by atoms with van der Waals surface area (Å²) in [6, 6.07) is 10.9. The van der Waals surface area contributed by atoms with Gasteiger partial charge < -0.3 is 5.01 Å². The molecule has 3 aromatic heterocycles. The number of nitrogens with zero attached hydrogens (tertiary/aromatic N) is 6. The van der Waals surface area contributed by atoms with Gasteiger partial charge in [0.25, 0.3) is 10.0 Å². The molecule has 162 valence electrons. The number of hydrogen-bond acceptors (Lipinski definition) is 6. The number of rotatable bonds is 4. The van der Waals surface area contributed by atoms with Crippen molar-refractivity contribution in [1.29, 1.82) is 5.26 Å². The molecule has 0 spiro atoms. The number of allylic oxidation sites excluding steroid dienone is 1. The van der Waals surface area contributed by atoms with Gasteiger partial charge in [0, 0.05) is 23.7 Å². The zero-order valence-corrected chi connectivity index (χ0v) is 18.6. The molecule has 0 aliphatic carbocycles. The molecule has 1 aliphatic heterocycles. The van der Waals surface area contributed by atoms with Crippen molar-refractivity contribution in [1.82, 2.24) is 18.6 Å². The van der Waals surface area contributed by atoms with Crippen LogP contribution >= 0.6 is 0 Å². The predicted molar refractivity (Wildman–Crippen MR) is 122 cm³/mol. The molecule has 0 amide bonds. The second kappa shape index (κ2) is 7.50. The van der Waals surface area contributed by atoms with Crippen LogP contribution in [0.1, 0.15) is 25.3 Å². The van der Waals surface area contributed by atoms with Crippen molar-refractivity contribution in [2.75, 3.05) is 11.6 Å². The molecule has 4 heterocycles. The lowest BCUT2D eigenvalue weighted by molar-refractivity contribution is 0.537. The quantitative estimate of drug-likeness (QED) is 0.445. The zero-order valence-electron chi connectivity index (χ0n) is 17.8. The van der Waals surface area contributed by atoms with Gasteiger partial charge in [-0.25, -0.2) is 27.0 Å². The number of imidazole rings is 1. The monoisotopic (exact) mass is 446 g/mol. The molecule has 4 aromatic rings. The molecule has 32 heavy (non-hydrogen) atoms. The fraction of sp³-hybridized carbons (Fsp3) is 0.261. The maximum atomic E-state index is 13.3. The summed E-state index contributed by atoms with van der Waals surface area (Å²) in [5, 5.41) is 12.0. The number of pyridine rings is 1. The normalized spacial score (nSPS) is 18.1. The first-order chi connectivity index (χ1) is 15.4. The average molecular weight is 447 g/mol. The summed E-state index contributed by atoms with van der Waals surface area (Å²) in [4.78, 5) is 9.16. The van der Waals surface area contributed by atoms with Gasteiger partial charge in [-0.1, -0.05) is 24.6 Å². The summed E-state index contributed by atoms with van der Waals surface area (Å²) in [5.41, 5.74) is 3.93. The van der Waals surface area contributed by atoms with E-state index in [1.54, 1.807) is 55.1 Å². The van der Waals surface area contributed by atoms with Gasteiger partial charge >= 0.3 is 0 Å². The van der Waals surface area contributed by atoms with E-state index in [4.69, 9.17) is 5.26 Å². The van der Waals surface area contributed by atoms with Gasteiger partial charge in [0.1, 0.15) is 17.4 Å². The second-order valence-corrected chi connectivity index (χ2v) is 9.86. The van der Waals surface area contributed by atoms with Crippen LogP contribution in [-0.2, 0) is 10.0 Å². The minimum atomic E-state index is -3.79. The van der Waals surface area contributed by atoms with Crippen molar-refractivity contribution in [2.24, 2.45) is 0 Å². The van der Waals surface area contributed by atoms with Gasteiger partial charge in [-0.05, 0) is 43.5 Å². The number of benzene rings is 1. The Kier molecular flexibility index (Phi) is 4.75. The second-order valence-electron chi connectivity index (χ2n) is 8.04.